The van der Waals surface area contributed by atoms with Crippen LogP contribution >= 0.6 is 0 Å². The Labute approximate surface area is 109 Å². The van der Waals surface area contributed by atoms with Crippen LogP contribution in [0.1, 0.15) is 19.3 Å². The van der Waals surface area contributed by atoms with Crippen LogP contribution in [-0.4, -0.2) is 36.1 Å². The van der Waals surface area contributed by atoms with Crippen molar-refractivity contribution < 1.29 is 18.0 Å². The second-order valence-electron chi connectivity index (χ2n) is 5.09. The van der Waals surface area contributed by atoms with Gasteiger partial charge in [-0.05, 0) is 19.3 Å². The molecule has 1 atom stereocenters. The van der Waals surface area contributed by atoms with E-state index in [4.69, 9.17) is 5.73 Å². The molecule has 0 spiro atoms. The minimum absolute atomic E-state index is 0.0207. The van der Waals surface area contributed by atoms with Crippen LogP contribution in [0.25, 0.3) is 0 Å². The Morgan fingerprint density at radius 3 is 2.37 bits per heavy atom. The van der Waals surface area contributed by atoms with Crippen molar-refractivity contribution in [3.8, 4) is 0 Å². The van der Waals surface area contributed by atoms with Crippen LogP contribution in [0, 0.1) is 5.41 Å². The number of piperidine rings is 1. The average molecular weight is 274 g/mol. The highest BCUT2D eigenvalue weighted by Crippen LogP contribution is 2.46. The van der Waals surface area contributed by atoms with Crippen molar-refractivity contribution in [3.63, 3.8) is 0 Å². The molecule has 0 radical (unpaired) electrons. The van der Waals surface area contributed by atoms with Gasteiger partial charge in [-0.15, -0.1) is 0 Å². The van der Waals surface area contributed by atoms with Gasteiger partial charge in [-0.1, -0.05) is 24.3 Å². The molecule has 2 rings (SSSR count). The van der Waals surface area contributed by atoms with Crippen LogP contribution in [0.5, 0.6) is 0 Å². The molecule has 2 N–H and O–H groups in total. The molecule has 1 unspecified atom stereocenters. The van der Waals surface area contributed by atoms with Crippen molar-refractivity contribution in [1.29, 1.82) is 0 Å². The molecule has 0 saturated carbocycles. The lowest BCUT2D eigenvalue weighted by atomic mass is 9.79. The maximum atomic E-state index is 13.3. The van der Waals surface area contributed by atoms with Gasteiger partial charge in [0.1, 0.15) is 0 Å². The number of likely N-dealkylation sites (tertiary alicyclic amines) is 1. The fraction of sp³-hybridized carbons (Fsp3) is 0.615. The number of amides is 1. The van der Waals surface area contributed by atoms with E-state index in [9.17, 15) is 18.0 Å². The van der Waals surface area contributed by atoms with Crippen LogP contribution in [0.3, 0.4) is 0 Å². The summed E-state index contributed by atoms with van der Waals surface area (Å²) in [7, 11) is 0. The lowest BCUT2D eigenvalue weighted by Crippen LogP contribution is -2.54. The number of rotatable bonds is 1. The molecule has 0 aromatic heterocycles. The van der Waals surface area contributed by atoms with E-state index in [2.05, 4.69) is 0 Å². The van der Waals surface area contributed by atoms with E-state index in [-0.39, 0.29) is 12.5 Å². The molecule has 3 nitrogen and oxygen atoms in total. The Kier molecular flexibility index (Phi) is 3.71. The number of carbonyl (C=O) groups is 1. The number of hydrogen-bond donors (Lipinski definition) is 1. The smallest absolute Gasteiger partial charge is 0.342 e. The molecule has 2 aliphatic rings. The fourth-order valence-corrected chi connectivity index (χ4v) is 2.50. The van der Waals surface area contributed by atoms with E-state index in [0.717, 1.165) is 6.08 Å². The van der Waals surface area contributed by atoms with E-state index in [1.54, 1.807) is 0 Å². The second kappa shape index (κ2) is 5.00. The minimum atomic E-state index is -4.58. The van der Waals surface area contributed by atoms with Gasteiger partial charge in [0.15, 0.2) is 5.41 Å². The molecule has 1 fully saturated rings. The molecule has 1 saturated heterocycles. The summed E-state index contributed by atoms with van der Waals surface area (Å²) < 4.78 is 40.0. The highest BCUT2D eigenvalue weighted by Gasteiger charge is 2.59. The molecule has 106 valence electrons. The highest BCUT2D eigenvalue weighted by molar-refractivity contribution is 5.86. The minimum Gasteiger partial charge on any atom is -0.342 e. The van der Waals surface area contributed by atoms with Crippen molar-refractivity contribution >= 4 is 5.91 Å². The summed E-state index contributed by atoms with van der Waals surface area (Å²) >= 11 is 0. The summed E-state index contributed by atoms with van der Waals surface area (Å²) in [5.74, 6) is -0.854. The van der Waals surface area contributed by atoms with Gasteiger partial charge in [0, 0.05) is 19.1 Å². The third kappa shape index (κ3) is 2.54. The summed E-state index contributed by atoms with van der Waals surface area (Å²) in [6, 6.07) is -0.0207. The molecule has 0 aromatic carbocycles. The third-order valence-corrected chi connectivity index (χ3v) is 3.78. The van der Waals surface area contributed by atoms with Crippen LogP contribution in [0.15, 0.2) is 24.3 Å². The van der Waals surface area contributed by atoms with Gasteiger partial charge in [0.25, 0.3) is 0 Å². The summed E-state index contributed by atoms with van der Waals surface area (Å²) in [6.07, 6.45) is 1.40. The number of allylic oxidation sites excluding steroid dienone is 3. The third-order valence-electron chi connectivity index (χ3n) is 3.78. The van der Waals surface area contributed by atoms with Gasteiger partial charge in [0.05, 0.1) is 0 Å². The summed E-state index contributed by atoms with van der Waals surface area (Å²) in [5, 5.41) is 0. The predicted molar refractivity (Wildman–Crippen MR) is 65.2 cm³/mol. The van der Waals surface area contributed by atoms with Gasteiger partial charge < -0.3 is 10.6 Å². The fourth-order valence-electron chi connectivity index (χ4n) is 2.50. The number of nitrogens with zero attached hydrogens (tertiary/aromatic N) is 1. The molecule has 19 heavy (non-hydrogen) atoms. The van der Waals surface area contributed by atoms with E-state index >= 15 is 0 Å². The molecular formula is C13H17F3N2O. The van der Waals surface area contributed by atoms with Crippen molar-refractivity contribution in [2.75, 3.05) is 13.1 Å². The van der Waals surface area contributed by atoms with Gasteiger partial charge >= 0.3 is 6.18 Å². The topological polar surface area (TPSA) is 46.3 Å². The van der Waals surface area contributed by atoms with Crippen molar-refractivity contribution in [2.24, 2.45) is 11.1 Å². The summed E-state index contributed by atoms with van der Waals surface area (Å²) in [5.41, 5.74) is 3.31. The lowest BCUT2D eigenvalue weighted by Gasteiger charge is -2.39. The van der Waals surface area contributed by atoms with Crippen molar-refractivity contribution in [3.05, 3.63) is 24.3 Å². The quantitative estimate of drug-likeness (QED) is 0.795. The first kappa shape index (κ1) is 14.1. The van der Waals surface area contributed by atoms with Gasteiger partial charge in [-0.3, -0.25) is 4.79 Å². The Balaban J connectivity index is 2.22. The summed E-state index contributed by atoms with van der Waals surface area (Å²) in [4.78, 5) is 13.6. The molecule has 0 aromatic rings. The molecule has 1 aliphatic carbocycles. The molecule has 1 amide bonds. The predicted octanol–water partition coefficient (Wildman–Crippen LogP) is 2.00. The Bertz CT molecular complexity index is 409. The van der Waals surface area contributed by atoms with Crippen LogP contribution in [-0.2, 0) is 4.79 Å². The van der Waals surface area contributed by atoms with E-state index in [1.165, 1.54) is 23.1 Å². The second-order valence-corrected chi connectivity index (χ2v) is 5.09. The highest BCUT2D eigenvalue weighted by atomic mass is 19.4. The molecular weight excluding hydrogens is 257 g/mol. The van der Waals surface area contributed by atoms with E-state index in [0.29, 0.717) is 25.9 Å². The number of alkyl halides is 3. The number of nitrogens with two attached hydrogens (primary N) is 1. The zero-order chi connectivity index (χ0) is 14.1. The maximum absolute atomic E-state index is 13.3. The average Bonchev–Trinajstić information content (AvgIpc) is 2.38. The van der Waals surface area contributed by atoms with Gasteiger partial charge in [-0.2, -0.15) is 13.2 Å². The standard InChI is InChI=1S/C13H17F3N2O/c14-13(15,16)12(6-2-1-3-7-12)11(19)18-8-4-10(17)5-9-18/h1-3,6,10H,4-5,7-9,17H2. The number of hydrogen-bond acceptors (Lipinski definition) is 2. The van der Waals surface area contributed by atoms with Crippen LogP contribution in [0.4, 0.5) is 13.2 Å². The van der Waals surface area contributed by atoms with Crippen molar-refractivity contribution in [1.82, 2.24) is 4.90 Å². The van der Waals surface area contributed by atoms with Crippen LogP contribution in [0.2, 0.25) is 0 Å². The largest absolute Gasteiger partial charge is 0.406 e. The zero-order valence-electron chi connectivity index (χ0n) is 10.5. The molecule has 0 bridgehead atoms. The first-order valence-electron chi connectivity index (χ1n) is 6.33. The number of halogens is 3. The SMILES string of the molecule is NC1CCN(C(=O)C2(C(F)(F)F)C=CC=CC2)CC1. The molecule has 6 heteroatoms. The lowest BCUT2D eigenvalue weighted by molar-refractivity contribution is -0.213. The van der Waals surface area contributed by atoms with Crippen molar-refractivity contribution in [2.45, 2.75) is 31.5 Å². The van der Waals surface area contributed by atoms with Crippen LogP contribution < -0.4 is 5.73 Å². The Morgan fingerprint density at radius 1 is 1.26 bits per heavy atom. The normalized spacial score (nSPS) is 28.7. The van der Waals surface area contributed by atoms with Gasteiger partial charge in [0.2, 0.25) is 5.91 Å². The number of carbonyl (C=O) groups excluding carboxylic acids is 1. The first-order chi connectivity index (χ1) is 8.87. The monoisotopic (exact) mass is 274 g/mol. The first-order valence-corrected chi connectivity index (χ1v) is 6.33. The molecule has 1 aliphatic heterocycles. The van der Waals surface area contributed by atoms with E-state index in [1.807, 2.05) is 0 Å². The molecule has 1 heterocycles. The van der Waals surface area contributed by atoms with E-state index < -0.39 is 17.5 Å². The van der Waals surface area contributed by atoms with Gasteiger partial charge in [-0.25, -0.2) is 0 Å². The Morgan fingerprint density at radius 2 is 1.89 bits per heavy atom. The zero-order valence-corrected chi connectivity index (χ0v) is 10.5. The summed E-state index contributed by atoms with van der Waals surface area (Å²) in [6.45, 7) is 0.602. The Hall–Kier alpha value is -1.30. The maximum Gasteiger partial charge on any atom is 0.406 e.